The fourth-order valence-electron chi connectivity index (χ4n) is 9.47. The number of pyridine rings is 1. The number of nitrogens with one attached hydrogen (secondary N) is 2. The van der Waals surface area contributed by atoms with Gasteiger partial charge in [0, 0.05) is 85.8 Å². The number of halogens is 2. The van der Waals surface area contributed by atoms with Gasteiger partial charge >= 0.3 is 5.97 Å². The van der Waals surface area contributed by atoms with Crippen LogP contribution in [-0.2, 0) is 52.8 Å². The normalized spacial score (nSPS) is 21.7. The Bertz CT molecular complexity index is 2440. The number of hydrogen-bond donors (Lipinski definition) is 2. The number of aryl methyl sites for hydroxylation is 1. The van der Waals surface area contributed by atoms with E-state index in [1.807, 2.05) is 24.4 Å². The maximum atomic E-state index is 14.6. The molecule has 4 amide bonds. The van der Waals surface area contributed by atoms with E-state index in [1.165, 1.54) is 33.2 Å². The highest BCUT2D eigenvalue weighted by molar-refractivity contribution is 7.10. The summed E-state index contributed by atoms with van der Waals surface area (Å²) in [4.78, 5) is 81.3. The maximum absolute atomic E-state index is 14.6. The number of alkyl halides is 2. The molecule has 2 saturated heterocycles. The first-order valence-corrected chi connectivity index (χ1v) is 23.7. The van der Waals surface area contributed by atoms with Crippen molar-refractivity contribution in [3.05, 3.63) is 58.2 Å². The number of aromatic nitrogens is 3. The third-order valence-electron chi connectivity index (χ3n) is 12.9. The van der Waals surface area contributed by atoms with E-state index < -0.39 is 58.8 Å². The molecule has 4 aromatic rings. The molecule has 6 bridgehead atoms. The number of likely N-dealkylation sites (N-methyl/N-ethyl adjacent to an activating group) is 1. The molecule has 7 rings (SSSR count). The maximum Gasteiger partial charge on any atom is 0.324 e. The minimum absolute atomic E-state index is 0.0181. The molecule has 65 heavy (non-hydrogen) atoms. The molecule has 0 saturated carbocycles. The van der Waals surface area contributed by atoms with Crippen LogP contribution in [0.1, 0.15) is 83.2 Å². The topological polar surface area (TPSA) is 168 Å². The van der Waals surface area contributed by atoms with Gasteiger partial charge in [0.15, 0.2) is 0 Å². The zero-order chi connectivity index (χ0) is 46.9. The first-order valence-electron chi connectivity index (χ1n) is 22.4. The molecule has 6 heterocycles. The Morgan fingerprint density at radius 3 is 2.63 bits per heavy atom. The SMILES string of the molecule is CCn1c(-c2cccnc2[C@H](C)OC)c2c3cc(ccc31)-c1csc(n1)C[C@H](NC(=O)[C@H](C(C)C)N(C)C(=O)[C@H]1CCN(C(=O)[C@H](F)Cl)C1)C(=O)N1CCC[C@H](N1)C(=O)OCC(C)(C)C2. The molecule has 2 N–H and O–H groups in total. The smallest absolute Gasteiger partial charge is 0.324 e. The molecule has 0 radical (unpaired) electrons. The Kier molecular flexibility index (Phi) is 14.7. The van der Waals surface area contributed by atoms with E-state index in [4.69, 9.17) is 31.0 Å². The molecule has 6 atom stereocenters. The highest BCUT2D eigenvalue weighted by Gasteiger charge is 2.41. The standard InChI is InChI=1S/C47H60ClFN8O7S/c1-9-56-36-15-14-28-20-31(36)32(40(56)30-12-10-17-50-38(30)27(4)63-8)22-47(5,6)25-64-46(62)33-13-11-18-57(53-33)44(60)34(21-37-51-35(28)24-65-37)52-42(58)39(26(2)3)54(7)43(59)29-16-19-55(23-29)45(61)41(48)49/h10,12,14-15,17,20,24,26-27,29,33-34,39,41,53H,9,11,13,16,18-19,21-23,25H2,1-8H3,(H,52,58)/t27-,29-,33-,34-,39-,41-/m0/s1. The monoisotopic (exact) mass is 934 g/mol. The van der Waals surface area contributed by atoms with Gasteiger partial charge < -0.3 is 29.2 Å². The molecule has 3 aliphatic rings. The highest BCUT2D eigenvalue weighted by atomic mass is 35.5. The molecule has 18 heteroatoms. The van der Waals surface area contributed by atoms with Crippen molar-refractivity contribution in [1.29, 1.82) is 0 Å². The van der Waals surface area contributed by atoms with Gasteiger partial charge in [-0.1, -0.05) is 45.4 Å². The number of esters is 1. The zero-order valence-electron chi connectivity index (χ0n) is 38.4. The van der Waals surface area contributed by atoms with Gasteiger partial charge in [0.1, 0.15) is 18.1 Å². The number of nitrogens with zero attached hydrogens (tertiary/aromatic N) is 6. The summed E-state index contributed by atoms with van der Waals surface area (Å²) in [5.41, 5.74) is 6.87. The lowest BCUT2D eigenvalue weighted by atomic mass is 9.84. The highest BCUT2D eigenvalue weighted by Crippen LogP contribution is 2.42. The first-order chi connectivity index (χ1) is 30.9. The largest absolute Gasteiger partial charge is 0.464 e. The average Bonchev–Trinajstić information content (AvgIpc) is 4.05. The Morgan fingerprint density at radius 2 is 1.92 bits per heavy atom. The minimum Gasteiger partial charge on any atom is -0.464 e. The van der Waals surface area contributed by atoms with E-state index >= 15 is 0 Å². The second-order valence-corrected chi connectivity index (χ2v) is 19.8. The van der Waals surface area contributed by atoms with Crippen LogP contribution in [0.3, 0.4) is 0 Å². The fourth-order valence-corrected chi connectivity index (χ4v) is 10.5. The molecule has 0 spiro atoms. The van der Waals surface area contributed by atoms with E-state index in [2.05, 4.69) is 54.3 Å². The van der Waals surface area contributed by atoms with Gasteiger partial charge in [0.2, 0.25) is 11.8 Å². The Morgan fingerprint density at radius 1 is 1.15 bits per heavy atom. The molecule has 3 aromatic heterocycles. The number of carbonyl (C=O) groups excluding carboxylic acids is 5. The van der Waals surface area contributed by atoms with Crippen LogP contribution < -0.4 is 10.7 Å². The van der Waals surface area contributed by atoms with Crippen LogP contribution in [0.15, 0.2) is 41.9 Å². The number of amides is 4. The Balaban J connectivity index is 1.26. The van der Waals surface area contributed by atoms with Crippen molar-refractivity contribution >= 4 is 63.4 Å². The number of fused-ring (bicyclic) bond motifs is 6. The van der Waals surface area contributed by atoms with Gasteiger partial charge in [-0.05, 0) is 75.3 Å². The quantitative estimate of drug-likeness (QED) is 0.141. The number of methoxy groups -OCH3 is 1. The van der Waals surface area contributed by atoms with Gasteiger partial charge in [0.05, 0.1) is 40.7 Å². The summed E-state index contributed by atoms with van der Waals surface area (Å²) in [6.07, 6.45) is 3.35. The van der Waals surface area contributed by atoms with Gasteiger partial charge in [-0.3, -0.25) is 34.0 Å². The number of rotatable bonds is 10. The lowest BCUT2D eigenvalue weighted by molar-refractivity contribution is -0.155. The van der Waals surface area contributed by atoms with Crippen LogP contribution in [0.4, 0.5) is 4.39 Å². The van der Waals surface area contributed by atoms with E-state index in [9.17, 15) is 28.4 Å². The molecule has 0 aliphatic carbocycles. The number of hydrogen-bond acceptors (Lipinski definition) is 11. The van der Waals surface area contributed by atoms with E-state index in [-0.39, 0.29) is 50.6 Å². The van der Waals surface area contributed by atoms with E-state index in [0.717, 1.165) is 39.0 Å². The number of cyclic esters (lactones) is 1. The van der Waals surface area contributed by atoms with Gasteiger partial charge in [0.25, 0.3) is 17.4 Å². The van der Waals surface area contributed by atoms with Crippen molar-refractivity contribution in [2.24, 2.45) is 17.3 Å². The number of hydrazine groups is 1. The molecule has 15 nitrogen and oxygen atoms in total. The van der Waals surface area contributed by atoms with Gasteiger partial charge in [-0.15, -0.1) is 11.3 Å². The van der Waals surface area contributed by atoms with Gasteiger partial charge in [-0.2, -0.15) is 0 Å². The van der Waals surface area contributed by atoms with Crippen molar-refractivity contribution in [2.75, 3.05) is 40.4 Å². The predicted molar refractivity (Wildman–Crippen MR) is 246 cm³/mol. The van der Waals surface area contributed by atoms with Crippen molar-refractivity contribution in [1.82, 2.24) is 40.1 Å². The molecule has 350 valence electrons. The average molecular weight is 936 g/mol. The van der Waals surface area contributed by atoms with Crippen LogP contribution in [0.5, 0.6) is 0 Å². The van der Waals surface area contributed by atoms with Crippen molar-refractivity contribution in [2.45, 2.75) is 110 Å². The number of benzene rings is 1. The third kappa shape index (κ3) is 10.1. The number of carbonyl (C=O) groups is 5. The lowest BCUT2D eigenvalue weighted by Crippen LogP contribution is -2.62. The molecule has 0 unspecified atom stereocenters. The molecular formula is C47H60ClFN8O7S. The van der Waals surface area contributed by atoms with E-state index in [0.29, 0.717) is 42.9 Å². The summed E-state index contributed by atoms with van der Waals surface area (Å²) >= 11 is 6.78. The van der Waals surface area contributed by atoms with Crippen LogP contribution >= 0.6 is 22.9 Å². The predicted octanol–water partition coefficient (Wildman–Crippen LogP) is 6.07. The van der Waals surface area contributed by atoms with Crippen molar-refractivity contribution in [3.8, 4) is 22.5 Å². The minimum atomic E-state index is -2.21. The molecular weight excluding hydrogens is 875 g/mol. The second-order valence-electron chi connectivity index (χ2n) is 18.5. The summed E-state index contributed by atoms with van der Waals surface area (Å²) in [5.74, 6) is -3.81. The summed E-state index contributed by atoms with van der Waals surface area (Å²) in [5, 5.41) is 7.93. The second kappa shape index (κ2) is 19.9. The van der Waals surface area contributed by atoms with Crippen LogP contribution in [0.2, 0.25) is 0 Å². The fraction of sp³-hybridized carbons (Fsp3) is 0.553. The van der Waals surface area contributed by atoms with E-state index in [1.54, 1.807) is 27.2 Å². The Labute approximate surface area is 388 Å². The molecule has 1 aromatic carbocycles. The van der Waals surface area contributed by atoms with Crippen molar-refractivity contribution < 1.29 is 37.8 Å². The van der Waals surface area contributed by atoms with Crippen LogP contribution in [-0.4, -0.2) is 123 Å². The Hall–Kier alpha value is -4.97. The lowest BCUT2D eigenvalue weighted by Gasteiger charge is -2.36. The third-order valence-corrected chi connectivity index (χ3v) is 13.9. The van der Waals surface area contributed by atoms with Crippen LogP contribution in [0, 0.1) is 17.3 Å². The van der Waals surface area contributed by atoms with Gasteiger partial charge in [-0.25, -0.2) is 14.8 Å². The van der Waals surface area contributed by atoms with Crippen molar-refractivity contribution in [3.63, 3.8) is 0 Å². The number of ether oxygens (including phenoxy) is 2. The zero-order valence-corrected chi connectivity index (χ0v) is 39.9. The van der Waals surface area contributed by atoms with Crippen LogP contribution in [0.25, 0.3) is 33.4 Å². The summed E-state index contributed by atoms with van der Waals surface area (Å²) in [7, 11) is 3.20. The molecule has 2 fully saturated rings. The first kappa shape index (κ1) is 48.0. The summed E-state index contributed by atoms with van der Waals surface area (Å²) in [6.45, 7) is 13.1. The number of likely N-dealkylation sites (tertiary alicyclic amines) is 1. The summed E-state index contributed by atoms with van der Waals surface area (Å²) < 4.78 is 27.8. The number of thiazole rings is 1. The summed E-state index contributed by atoms with van der Waals surface area (Å²) in [6, 6.07) is 7.38. The molecule has 3 aliphatic heterocycles.